The number of carbonyl (C=O) groups excluding carboxylic acids is 1. The molecule has 0 saturated heterocycles. The number of nitrogens with one attached hydrogen (secondary N) is 3. The zero-order valence-electron chi connectivity index (χ0n) is 11.8. The number of aryl methyl sites for hydroxylation is 1. The van der Waals surface area contributed by atoms with E-state index in [-0.39, 0.29) is 12.1 Å². The Balaban J connectivity index is 2.00. The Morgan fingerprint density at radius 1 is 1.30 bits per heavy atom. The molecule has 1 unspecified atom stereocenters. The summed E-state index contributed by atoms with van der Waals surface area (Å²) in [5.41, 5.74) is 2.53. The number of benzene rings is 1. The summed E-state index contributed by atoms with van der Waals surface area (Å²) >= 11 is 0. The average Bonchev–Trinajstić information content (AvgIpc) is 2.83. The molecule has 0 saturated carbocycles. The normalized spacial score (nSPS) is 11.9. The number of aromatic nitrogens is 2. The fraction of sp³-hybridized carbons (Fsp3) is 0.286. The van der Waals surface area contributed by atoms with Crippen LogP contribution >= 0.6 is 0 Å². The lowest BCUT2D eigenvalue weighted by Crippen LogP contribution is -2.19. The van der Waals surface area contributed by atoms with Crippen LogP contribution in [0.3, 0.4) is 0 Å². The zero-order valence-corrected chi connectivity index (χ0v) is 11.8. The maximum Gasteiger partial charge on any atom is 0.323 e. The maximum absolute atomic E-state index is 11.9. The number of rotatable bonds is 4. The minimum Gasteiger partial charge on any atom is -0.313 e. The van der Waals surface area contributed by atoms with Crippen molar-refractivity contribution in [3.05, 3.63) is 42.2 Å². The molecule has 20 heavy (non-hydrogen) atoms. The largest absolute Gasteiger partial charge is 0.323 e. The summed E-state index contributed by atoms with van der Waals surface area (Å²) in [5, 5.41) is 12.7. The molecule has 2 amide bonds. The molecule has 1 aromatic carbocycles. The lowest BCUT2D eigenvalue weighted by atomic mass is 10.1. The van der Waals surface area contributed by atoms with E-state index >= 15 is 0 Å². The van der Waals surface area contributed by atoms with Gasteiger partial charge in [-0.15, -0.1) is 0 Å². The summed E-state index contributed by atoms with van der Waals surface area (Å²) in [6.07, 6.45) is 3.33. The second kappa shape index (κ2) is 6.21. The van der Waals surface area contributed by atoms with Gasteiger partial charge in [-0.25, -0.2) is 4.79 Å². The molecular weight excluding hydrogens is 254 g/mol. The third-order valence-electron chi connectivity index (χ3n) is 3.04. The number of amides is 2. The highest BCUT2D eigenvalue weighted by atomic mass is 16.2. The molecule has 2 rings (SSSR count). The van der Waals surface area contributed by atoms with Gasteiger partial charge in [0.05, 0.1) is 11.9 Å². The van der Waals surface area contributed by atoms with Crippen LogP contribution in [-0.4, -0.2) is 22.9 Å². The van der Waals surface area contributed by atoms with Crippen molar-refractivity contribution < 1.29 is 4.79 Å². The highest BCUT2D eigenvalue weighted by Gasteiger charge is 2.06. The van der Waals surface area contributed by atoms with Crippen molar-refractivity contribution in [2.45, 2.75) is 13.0 Å². The minimum absolute atomic E-state index is 0.234. The van der Waals surface area contributed by atoms with Crippen LogP contribution < -0.4 is 16.0 Å². The van der Waals surface area contributed by atoms with E-state index in [1.54, 1.807) is 24.1 Å². The van der Waals surface area contributed by atoms with Gasteiger partial charge in [0.1, 0.15) is 0 Å². The number of hydrogen-bond acceptors (Lipinski definition) is 3. The van der Waals surface area contributed by atoms with Gasteiger partial charge in [-0.3, -0.25) is 4.68 Å². The van der Waals surface area contributed by atoms with Gasteiger partial charge >= 0.3 is 6.03 Å². The summed E-state index contributed by atoms with van der Waals surface area (Å²) in [5.74, 6) is 0. The van der Waals surface area contributed by atoms with E-state index < -0.39 is 0 Å². The number of urea groups is 1. The second-order valence-electron chi connectivity index (χ2n) is 4.62. The summed E-state index contributed by atoms with van der Waals surface area (Å²) in [6.45, 7) is 2.06. The van der Waals surface area contributed by atoms with E-state index in [1.807, 2.05) is 31.3 Å². The number of hydrogen-bond donors (Lipinski definition) is 3. The van der Waals surface area contributed by atoms with Crippen molar-refractivity contribution in [2.24, 2.45) is 7.05 Å². The molecule has 0 aliphatic carbocycles. The molecule has 0 spiro atoms. The first-order valence-corrected chi connectivity index (χ1v) is 6.42. The van der Waals surface area contributed by atoms with Crippen molar-refractivity contribution >= 4 is 17.4 Å². The Bertz CT molecular complexity index is 593. The van der Waals surface area contributed by atoms with Crippen LogP contribution in [-0.2, 0) is 7.05 Å². The fourth-order valence-electron chi connectivity index (χ4n) is 1.83. The highest BCUT2D eigenvalue weighted by molar-refractivity contribution is 5.99. The Hall–Kier alpha value is -2.34. The van der Waals surface area contributed by atoms with E-state index in [0.717, 1.165) is 11.3 Å². The lowest BCUT2D eigenvalue weighted by Gasteiger charge is -2.12. The van der Waals surface area contributed by atoms with Gasteiger partial charge in [0, 0.05) is 25.0 Å². The SMILES string of the molecule is CNC(C)c1cccc(NC(=O)Nc2cnn(C)c2)c1. The van der Waals surface area contributed by atoms with Gasteiger partial charge in [-0.2, -0.15) is 5.10 Å². The molecular formula is C14H19N5O. The molecule has 0 radical (unpaired) electrons. The molecule has 106 valence electrons. The average molecular weight is 273 g/mol. The summed E-state index contributed by atoms with van der Waals surface area (Å²) in [6, 6.07) is 7.69. The van der Waals surface area contributed by atoms with Gasteiger partial charge in [-0.05, 0) is 31.7 Å². The van der Waals surface area contributed by atoms with E-state index in [0.29, 0.717) is 5.69 Å². The summed E-state index contributed by atoms with van der Waals surface area (Å²) in [4.78, 5) is 11.9. The number of carbonyl (C=O) groups is 1. The topological polar surface area (TPSA) is 71.0 Å². The predicted molar refractivity (Wildman–Crippen MR) is 79.8 cm³/mol. The van der Waals surface area contributed by atoms with Crippen molar-refractivity contribution in [2.75, 3.05) is 17.7 Å². The molecule has 2 aromatic rings. The molecule has 1 atom stereocenters. The van der Waals surface area contributed by atoms with Crippen LogP contribution in [0, 0.1) is 0 Å². The summed E-state index contributed by atoms with van der Waals surface area (Å²) < 4.78 is 1.63. The smallest absolute Gasteiger partial charge is 0.313 e. The molecule has 6 heteroatoms. The monoisotopic (exact) mass is 273 g/mol. The van der Waals surface area contributed by atoms with Crippen LogP contribution in [0.4, 0.5) is 16.2 Å². The van der Waals surface area contributed by atoms with Gasteiger partial charge in [-0.1, -0.05) is 12.1 Å². The molecule has 3 N–H and O–H groups in total. The van der Waals surface area contributed by atoms with Crippen molar-refractivity contribution in [1.29, 1.82) is 0 Å². The molecule has 0 aliphatic rings. The minimum atomic E-state index is -0.285. The summed E-state index contributed by atoms with van der Waals surface area (Å²) in [7, 11) is 3.70. The molecule has 0 aliphatic heterocycles. The molecule has 6 nitrogen and oxygen atoms in total. The van der Waals surface area contributed by atoms with Crippen LogP contribution in [0.1, 0.15) is 18.5 Å². The third-order valence-corrected chi connectivity index (χ3v) is 3.04. The third kappa shape index (κ3) is 3.58. The Morgan fingerprint density at radius 3 is 2.70 bits per heavy atom. The lowest BCUT2D eigenvalue weighted by molar-refractivity contribution is 0.262. The number of nitrogens with zero attached hydrogens (tertiary/aromatic N) is 2. The Labute approximate surface area is 118 Å². The Kier molecular flexibility index (Phi) is 4.37. The van der Waals surface area contributed by atoms with Crippen LogP contribution in [0.5, 0.6) is 0 Å². The first-order valence-electron chi connectivity index (χ1n) is 6.42. The quantitative estimate of drug-likeness (QED) is 0.800. The van der Waals surface area contributed by atoms with Crippen molar-refractivity contribution in [3.8, 4) is 0 Å². The van der Waals surface area contributed by atoms with E-state index in [2.05, 4.69) is 28.0 Å². The fourth-order valence-corrected chi connectivity index (χ4v) is 1.83. The second-order valence-corrected chi connectivity index (χ2v) is 4.62. The Morgan fingerprint density at radius 2 is 2.05 bits per heavy atom. The van der Waals surface area contributed by atoms with Crippen LogP contribution in [0.15, 0.2) is 36.7 Å². The van der Waals surface area contributed by atoms with Crippen LogP contribution in [0.2, 0.25) is 0 Å². The van der Waals surface area contributed by atoms with Gasteiger partial charge in [0.15, 0.2) is 0 Å². The first-order chi connectivity index (χ1) is 9.58. The number of anilines is 2. The standard InChI is InChI=1S/C14H19N5O/c1-10(15-2)11-5-4-6-12(7-11)17-14(20)18-13-8-16-19(3)9-13/h4-10,15H,1-3H3,(H2,17,18,20). The first kappa shape index (κ1) is 14.1. The van der Waals surface area contributed by atoms with Gasteiger partial charge in [0.2, 0.25) is 0 Å². The molecule has 0 bridgehead atoms. The van der Waals surface area contributed by atoms with Gasteiger partial charge in [0.25, 0.3) is 0 Å². The zero-order chi connectivity index (χ0) is 14.5. The van der Waals surface area contributed by atoms with Crippen molar-refractivity contribution in [3.63, 3.8) is 0 Å². The van der Waals surface area contributed by atoms with Crippen LogP contribution in [0.25, 0.3) is 0 Å². The highest BCUT2D eigenvalue weighted by Crippen LogP contribution is 2.17. The van der Waals surface area contributed by atoms with E-state index in [9.17, 15) is 4.79 Å². The molecule has 1 aromatic heterocycles. The van der Waals surface area contributed by atoms with E-state index in [1.165, 1.54) is 0 Å². The molecule has 1 heterocycles. The maximum atomic E-state index is 11.9. The molecule has 0 fully saturated rings. The predicted octanol–water partition coefficient (Wildman–Crippen LogP) is 2.34. The van der Waals surface area contributed by atoms with Gasteiger partial charge < -0.3 is 16.0 Å². The van der Waals surface area contributed by atoms with Crippen molar-refractivity contribution in [1.82, 2.24) is 15.1 Å². The van der Waals surface area contributed by atoms with E-state index in [4.69, 9.17) is 0 Å².